The Morgan fingerprint density at radius 1 is 0.488 bits per heavy atom. The Balaban J connectivity index is 1.51. The zero-order valence-electron chi connectivity index (χ0n) is 24.0. The summed E-state index contributed by atoms with van der Waals surface area (Å²) in [5, 5.41) is 9.23. The van der Waals surface area contributed by atoms with Gasteiger partial charge >= 0.3 is 0 Å². The number of rotatable bonds is 3. The van der Waals surface area contributed by atoms with Crippen LogP contribution in [0.5, 0.6) is 0 Å². The van der Waals surface area contributed by atoms with Crippen LogP contribution in [0.1, 0.15) is 11.1 Å². The Morgan fingerprint density at radius 3 is 1.42 bits per heavy atom. The van der Waals surface area contributed by atoms with Crippen molar-refractivity contribution in [2.45, 2.75) is 13.8 Å². The van der Waals surface area contributed by atoms with E-state index in [1.807, 2.05) is 0 Å². The standard InChI is InChI=1S/C40H28NPS/c1-25-19-21-27-11-9-17-34-38(27)36(25)32-23-31(41(29-13-5-3-6-14-29)30-15-7-4-8-16-30)24-33-37-26(2)20-22-28-12-10-18-35(39(28)37)42(34,43)40(32)33/h3-24H,1-2H3. The fraction of sp³-hybridized carbons (Fsp3) is 0.0500. The quantitative estimate of drug-likeness (QED) is 0.190. The third-order valence-electron chi connectivity index (χ3n) is 9.38. The maximum Gasteiger partial charge on any atom is 0.0474 e. The summed E-state index contributed by atoms with van der Waals surface area (Å²) in [7, 11) is 0. The summed E-state index contributed by atoms with van der Waals surface area (Å²) in [6.07, 6.45) is 0. The van der Waals surface area contributed by atoms with Crippen molar-refractivity contribution in [3.8, 4) is 22.3 Å². The van der Waals surface area contributed by atoms with Crippen molar-refractivity contribution in [1.29, 1.82) is 0 Å². The number of hydrogen-bond donors (Lipinski definition) is 0. The van der Waals surface area contributed by atoms with Gasteiger partial charge in [0.15, 0.2) is 0 Å². The van der Waals surface area contributed by atoms with Gasteiger partial charge in [-0.05, 0) is 105 Å². The Labute approximate surface area is 257 Å². The lowest BCUT2D eigenvalue weighted by atomic mass is 9.87. The van der Waals surface area contributed by atoms with Gasteiger partial charge in [-0.1, -0.05) is 109 Å². The molecule has 7 aromatic rings. The van der Waals surface area contributed by atoms with E-state index >= 15 is 0 Å². The topological polar surface area (TPSA) is 3.24 Å². The molecule has 2 aliphatic rings. The first-order chi connectivity index (χ1) is 21.1. The van der Waals surface area contributed by atoms with E-state index in [4.69, 9.17) is 11.8 Å². The van der Waals surface area contributed by atoms with Crippen LogP contribution in [0.2, 0.25) is 0 Å². The van der Waals surface area contributed by atoms with Crippen LogP contribution < -0.4 is 20.8 Å². The van der Waals surface area contributed by atoms with Gasteiger partial charge in [0.2, 0.25) is 0 Å². The Bertz CT molecular complexity index is 2180. The molecule has 0 atom stereocenters. The predicted octanol–water partition coefficient (Wildman–Crippen LogP) is 9.80. The third-order valence-corrected chi connectivity index (χ3v) is 14.3. The molecule has 0 unspecified atom stereocenters. The maximum atomic E-state index is 7.10. The highest BCUT2D eigenvalue weighted by atomic mass is 32.4. The summed E-state index contributed by atoms with van der Waals surface area (Å²) in [5.74, 6) is 0. The number of para-hydroxylation sites is 2. The molecule has 0 saturated heterocycles. The molecule has 0 bridgehead atoms. The molecule has 9 rings (SSSR count). The second-order valence-electron chi connectivity index (χ2n) is 11.8. The minimum atomic E-state index is -2.37. The van der Waals surface area contributed by atoms with Crippen molar-refractivity contribution in [3.63, 3.8) is 0 Å². The van der Waals surface area contributed by atoms with Crippen LogP contribution >= 0.6 is 6.04 Å². The normalized spacial score (nSPS) is 13.6. The van der Waals surface area contributed by atoms with Gasteiger partial charge in [-0.2, -0.15) is 0 Å². The minimum absolute atomic E-state index is 1.14. The minimum Gasteiger partial charge on any atom is -0.310 e. The van der Waals surface area contributed by atoms with E-state index in [0.29, 0.717) is 0 Å². The zero-order valence-corrected chi connectivity index (χ0v) is 25.7. The molecule has 7 aromatic carbocycles. The highest BCUT2D eigenvalue weighted by Gasteiger charge is 2.42. The van der Waals surface area contributed by atoms with Crippen LogP contribution in [-0.4, -0.2) is 0 Å². The molecule has 0 spiro atoms. The van der Waals surface area contributed by atoms with Gasteiger partial charge in [-0.3, -0.25) is 0 Å². The molecule has 3 heteroatoms. The summed E-state index contributed by atoms with van der Waals surface area (Å²) in [4.78, 5) is 2.40. The number of fused-ring (bicyclic) bond motifs is 4. The van der Waals surface area contributed by atoms with E-state index in [2.05, 4.69) is 152 Å². The van der Waals surface area contributed by atoms with Gasteiger partial charge in [0, 0.05) is 39.0 Å². The molecule has 0 aliphatic carbocycles. The van der Waals surface area contributed by atoms with E-state index in [1.54, 1.807) is 0 Å². The molecule has 0 aromatic heterocycles. The van der Waals surface area contributed by atoms with E-state index in [-0.39, 0.29) is 0 Å². The summed E-state index contributed by atoms with van der Waals surface area (Å²) >= 11 is 7.10. The first-order valence-corrected chi connectivity index (χ1v) is 17.6. The fourth-order valence-corrected chi connectivity index (χ4v) is 12.6. The molecule has 2 heterocycles. The predicted molar refractivity (Wildman–Crippen MR) is 190 cm³/mol. The molecule has 0 radical (unpaired) electrons. The first-order valence-electron chi connectivity index (χ1n) is 14.8. The van der Waals surface area contributed by atoms with Crippen molar-refractivity contribution in [2.75, 3.05) is 4.90 Å². The lowest BCUT2D eigenvalue weighted by Crippen LogP contribution is -2.35. The highest BCUT2D eigenvalue weighted by Crippen LogP contribution is 2.60. The van der Waals surface area contributed by atoms with E-state index in [1.165, 1.54) is 70.8 Å². The lowest BCUT2D eigenvalue weighted by molar-refractivity contribution is 1.28. The molecular weight excluding hydrogens is 557 g/mol. The van der Waals surface area contributed by atoms with Gasteiger partial charge < -0.3 is 4.90 Å². The van der Waals surface area contributed by atoms with Crippen molar-refractivity contribution >= 4 is 72.4 Å². The van der Waals surface area contributed by atoms with E-state index < -0.39 is 6.04 Å². The average molecular weight is 586 g/mol. The zero-order chi connectivity index (χ0) is 28.9. The molecule has 43 heavy (non-hydrogen) atoms. The summed E-state index contributed by atoms with van der Waals surface area (Å²) in [6, 6.07) is 46.6. The summed E-state index contributed by atoms with van der Waals surface area (Å²) < 4.78 is 0. The number of anilines is 3. The van der Waals surface area contributed by atoms with Gasteiger partial charge in [0.25, 0.3) is 0 Å². The van der Waals surface area contributed by atoms with Crippen molar-refractivity contribution in [2.24, 2.45) is 0 Å². The van der Waals surface area contributed by atoms with Crippen LogP contribution in [0, 0.1) is 13.8 Å². The molecule has 1 nitrogen and oxygen atoms in total. The van der Waals surface area contributed by atoms with Gasteiger partial charge in [0.05, 0.1) is 0 Å². The Kier molecular flexibility index (Phi) is 5.25. The molecule has 204 valence electrons. The largest absolute Gasteiger partial charge is 0.310 e. The second-order valence-corrected chi connectivity index (χ2v) is 16.0. The van der Waals surface area contributed by atoms with Crippen LogP contribution in [0.15, 0.2) is 133 Å². The molecule has 0 N–H and O–H groups in total. The molecule has 0 saturated carbocycles. The van der Waals surface area contributed by atoms with Gasteiger partial charge in [-0.15, -0.1) is 0 Å². The second kappa shape index (κ2) is 9.01. The summed E-state index contributed by atoms with van der Waals surface area (Å²) in [5.41, 5.74) is 11.3. The monoisotopic (exact) mass is 585 g/mol. The lowest BCUT2D eigenvalue weighted by Gasteiger charge is -2.40. The van der Waals surface area contributed by atoms with Crippen LogP contribution in [-0.2, 0) is 11.8 Å². The third kappa shape index (κ3) is 3.31. The number of aryl methyl sites for hydroxylation is 2. The number of nitrogens with zero attached hydrogens (tertiary/aromatic N) is 1. The smallest absolute Gasteiger partial charge is 0.0474 e. The van der Waals surface area contributed by atoms with Gasteiger partial charge in [-0.25, -0.2) is 0 Å². The van der Waals surface area contributed by atoms with Crippen molar-refractivity contribution in [1.82, 2.24) is 0 Å². The molecular formula is C40H28NPS. The fourth-order valence-electron chi connectivity index (χ4n) is 7.59. The van der Waals surface area contributed by atoms with E-state index in [0.717, 1.165) is 17.1 Å². The Hall–Kier alpha value is -4.49. The van der Waals surface area contributed by atoms with Crippen LogP contribution in [0.25, 0.3) is 43.8 Å². The van der Waals surface area contributed by atoms with Crippen molar-refractivity contribution in [3.05, 3.63) is 145 Å². The average Bonchev–Trinajstić information content (AvgIpc) is 3.04. The summed E-state index contributed by atoms with van der Waals surface area (Å²) in [6.45, 7) is 4.52. The molecule has 2 aliphatic heterocycles. The number of benzene rings is 7. The molecule has 0 fully saturated rings. The van der Waals surface area contributed by atoms with Crippen LogP contribution in [0.4, 0.5) is 17.1 Å². The van der Waals surface area contributed by atoms with Gasteiger partial charge in [0.1, 0.15) is 0 Å². The van der Waals surface area contributed by atoms with Crippen LogP contribution in [0.3, 0.4) is 0 Å². The highest BCUT2D eigenvalue weighted by molar-refractivity contribution is 8.26. The SMILES string of the molecule is Cc1ccc2cccc3c2c1-c1cc(N(c2ccccc2)c2ccccc2)cc2c1P3(=S)c1cccc3ccc(C)c-2c13. The Morgan fingerprint density at radius 2 is 0.953 bits per heavy atom. The van der Waals surface area contributed by atoms with Crippen molar-refractivity contribution < 1.29 is 0 Å². The van der Waals surface area contributed by atoms with E-state index in [9.17, 15) is 0 Å². The number of hydrogen-bond acceptors (Lipinski definition) is 2. The maximum absolute atomic E-state index is 7.10. The molecule has 0 amide bonds. The first kappa shape index (κ1) is 25.0.